The number of rotatable bonds is 5. The van der Waals surface area contributed by atoms with Crippen LogP contribution in [0.15, 0.2) is 53.6 Å². The van der Waals surface area contributed by atoms with Crippen LogP contribution in [-0.2, 0) is 19.6 Å². The summed E-state index contributed by atoms with van der Waals surface area (Å²) in [4.78, 5) is 26.5. The molecular formula is C22H25N5O2. The van der Waals surface area contributed by atoms with Gasteiger partial charge in [0.05, 0.1) is 20.4 Å². The van der Waals surface area contributed by atoms with Crippen LogP contribution in [0.1, 0.15) is 23.7 Å². The summed E-state index contributed by atoms with van der Waals surface area (Å²) in [5, 5.41) is 0. The van der Waals surface area contributed by atoms with Crippen LogP contribution < -0.4 is 15.2 Å². The first-order valence-corrected chi connectivity index (χ1v) is 9.74. The molecule has 0 N–H and O–H groups in total. The maximum Gasteiger partial charge on any atom is 0.259 e. The van der Waals surface area contributed by atoms with Gasteiger partial charge in [0.2, 0.25) is 5.95 Å². The summed E-state index contributed by atoms with van der Waals surface area (Å²) in [5.41, 5.74) is 3.67. The second-order valence-corrected chi connectivity index (χ2v) is 7.16. The molecule has 7 heteroatoms. The van der Waals surface area contributed by atoms with Gasteiger partial charge >= 0.3 is 0 Å². The SMILES string of the molecule is CCc1c(C)nc2n(c1=O)CN(Cc1cccnc1)CN2c1ccc(OC)cc1. The molecule has 0 bridgehead atoms. The van der Waals surface area contributed by atoms with Gasteiger partial charge < -0.3 is 4.74 Å². The Balaban J connectivity index is 1.77. The molecule has 2 aromatic heterocycles. The lowest BCUT2D eigenvalue weighted by Crippen LogP contribution is -2.47. The fourth-order valence-electron chi connectivity index (χ4n) is 3.74. The molecule has 0 radical (unpaired) electrons. The van der Waals surface area contributed by atoms with Crippen LogP contribution in [0.2, 0.25) is 0 Å². The van der Waals surface area contributed by atoms with Gasteiger partial charge in [-0.15, -0.1) is 0 Å². The third-order valence-electron chi connectivity index (χ3n) is 5.24. The minimum atomic E-state index is 0.0319. The molecule has 0 saturated heterocycles. The monoisotopic (exact) mass is 391 g/mol. The van der Waals surface area contributed by atoms with E-state index in [9.17, 15) is 4.79 Å². The number of benzene rings is 1. The van der Waals surface area contributed by atoms with Crippen LogP contribution in [0.25, 0.3) is 0 Å². The van der Waals surface area contributed by atoms with Crippen molar-refractivity contribution in [2.24, 2.45) is 0 Å². The van der Waals surface area contributed by atoms with Gasteiger partial charge in [-0.2, -0.15) is 0 Å². The number of anilines is 2. The van der Waals surface area contributed by atoms with Gasteiger partial charge in [-0.25, -0.2) is 4.98 Å². The molecule has 1 aliphatic rings. The number of ether oxygens (including phenoxy) is 1. The number of nitrogens with zero attached hydrogens (tertiary/aromatic N) is 5. The zero-order chi connectivity index (χ0) is 20.4. The Kier molecular flexibility index (Phi) is 5.31. The van der Waals surface area contributed by atoms with E-state index in [-0.39, 0.29) is 5.56 Å². The fourth-order valence-corrected chi connectivity index (χ4v) is 3.74. The number of hydrogen-bond donors (Lipinski definition) is 0. The number of pyridine rings is 1. The second-order valence-electron chi connectivity index (χ2n) is 7.16. The highest BCUT2D eigenvalue weighted by Crippen LogP contribution is 2.29. The molecule has 3 aromatic rings. The molecule has 0 saturated carbocycles. The molecule has 0 spiro atoms. The Morgan fingerprint density at radius 1 is 1.14 bits per heavy atom. The van der Waals surface area contributed by atoms with Crippen LogP contribution in [0, 0.1) is 6.92 Å². The van der Waals surface area contributed by atoms with E-state index in [1.807, 2.05) is 56.4 Å². The van der Waals surface area contributed by atoms with Crippen molar-refractivity contribution in [3.63, 3.8) is 0 Å². The summed E-state index contributed by atoms with van der Waals surface area (Å²) in [5.74, 6) is 1.47. The molecule has 1 aliphatic heterocycles. The normalized spacial score (nSPS) is 14.0. The van der Waals surface area contributed by atoms with Crippen molar-refractivity contribution in [2.45, 2.75) is 33.5 Å². The summed E-state index contributed by atoms with van der Waals surface area (Å²) in [7, 11) is 1.65. The van der Waals surface area contributed by atoms with Gasteiger partial charge in [0.1, 0.15) is 5.75 Å². The standard InChI is InChI=1S/C22H25N5O2/c1-4-20-16(2)24-22-26(18-7-9-19(29-3)10-8-18)14-25(15-27(22)21(20)28)13-17-6-5-11-23-12-17/h5-12H,4,13-15H2,1-3H3. The molecule has 150 valence electrons. The molecule has 0 fully saturated rings. The van der Waals surface area contributed by atoms with Crippen molar-refractivity contribution in [3.05, 3.63) is 76.0 Å². The molecule has 0 atom stereocenters. The van der Waals surface area contributed by atoms with Gasteiger partial charge in [0, 0.05) is 35.9 Å². The van der Waals surface area contributed by atoms with Crippen molar-refractivity contribution >= 4 is 11.6 Å². The van der Waals surface area contributed by atoms with E-state index in [0.29, 0.717) is 32.3 Å². The molecule has 0 unspecified atom stereocenters. The van der Waals surface area contributed by atoms with E-state index in [4.69, 9.17) is 9.72 Å². The molecular weight excluding hydrogens is 366 g/mol. The molecule has 4 rings (SSSR count). The van der Waals surface area contributed by atoms with Crippen molar-refractivity contribution in [1.82, 2.24) is 19.4 Å². The quantitative estimate of drug-likeness (QED) is 0.666. The first-order valence-electron chi connectivity index (χ1n) is 9.74. The lowest BCUT2D eigenvalue weighted by Gasteiger charge is -2.38. The molecule has 3 heterocycles. The van der Waals surface area contributed by atoms with E-state index in [2.05, 4.69) is 14.8 Å². The second kappa shape index (κ2) is 8.05. The molecule has 7 nitrogen and oxygen atoms in total. The van der Waals surface area contributed by atoms with E-state index in [1.165, 1.54) is 0 Å². The summed E-state index contributed by atoms with van der Waals surface area (Å²) in [6, 6.07) is 11.8. The first kappa shape index (κ1) is 19.1. The third-order valence-corrected chi connectivity index (χ3v) is 5.24. The largest absolute Gasteiger partial charge is 0.497 e. The highest BCUT2D eigenvalue weighted by atomic mass is 16.5. The Morgan fingerprint density at radius 2 is 1.93 bits per heavy atom. The topological polar surface area (TPSA) is 63.5 Å². The fraction of sp³-hybridized carbons (Fsp3) is 0.318. The highest BCUT2D eigenvalue weighted by molar-refractivity contribution is 5.59. The van der Waals surface area contributed by atoms with E-state index in [0.717, 1.165) is 28.3 Å². The Morgan fingerprint density at radius 3 is 2.59 bits per heavy atom. The lowest BCUT2D eigenvalue weighted by molar-refractivity contribution is 0.189. The predicted molar refractivity (Wildman–Crippen MR) is 112 cm³/mol. The minimum Gasteiger partial charge on any atom is -0.497 e. The van der Waals surface area contributed by atoms with Crippen molar-refractivity contribution < 1.29 is 4.74 Å². The summed E-state index contributed by atoms with van der Waals surface area (Å²) in [6.45, 7) is 5.72. The van der Waals surface area contributed by atoms with E-state index < -0.39 is 0 Å². The highest BCUT2D eigenvalue weighted by Gasteiger charge is 2.27. The zero-order valence-corrected chi connectivity index (χ0v) is 17.0. The van der Waals surface area contributed by atoms with Gasteiger partial charge in [0.25, 0.3) is 5.56 Å². The molecule has 0 aliphatic carbocycles. The van der Waals surface area contributed by atoms with Crippen LogP contribution >= 0.6 is 0 Å². The number of aryl methyl sites for hydroxylation is 1. The third kappa shape index (κ3) is 3.73. The molecule has 1 aromatic carbocycles. The summed E-state index contributed by atoms with van der Waals surface area (Å²) in [6.07, 6.45) is 4.30. The summed E-state index contributed by atoms with van der Waals surface area (Å²) >= 11 is 0. The van der Waals surface area contributed by atoms with Gasteiger partial charge in [0.15, 0.2) is 0 Å². The van der Waals surface area contributed by atoms with Gasteiger partial charge in [-0.05, 0) is 49.2 Å². The van der Waals surface area contributed by atoms with E-state index in [1.54, 1.807) is 17.9 Å². The van der Waals surface area contributed by atoms with Crippen LogP contribution in [-0.4, -0.2) is 33.2 Å². The Bertz CT molecular complexity index is 1050. The van der Waals surface area contributed by atoms with Crippen LogP contribution in [0.5, 0.6) is 5.75 Å². The van der Waals surface area contributed by atoms with Gasteiger partial charge in [-0.1, -0.05) is 13.0 Å². The number of aromatic nitrogens is 3. The smallest absolute Gasteiger partial charge is 0.259 e. The zero-order valence-electron chi connectivity index (χ0n) is 17.0. The molecule has 0 amide bonds. The Hall–Kier alpha value is -3.19. The number of hydrogen-bond acceptors (Lipinski definition) is 6. The van der Waals surface area contributed by atoms with Crippen molar-refractivity contribution in [1.29, 1.82) is 0 Å². The molecule has 29 heavy (non-hydrogen) atoms. The van der Waals surface area contributed by atoms with Crippen LogP contribution in [0.3, 0.4) is 0 Å². The Labute approximate surface area is 170 Å². The maximum absolute atomic E-state index is 13.2. The predicted octanol–water partition coefficient (Wildman–Crippen LogP) is 3.09. The summed E-state index contributed by atoms with van der Waals surface area (Å²) < 4.78 is 7.06. The van der Waals surface area contributed by atoms with E-state index >= 15 is 0 Å². The van der Waals surface area contributed by atoms with Crippen LogP contribution in [0.4, 0.5) is 11.6 Å². The first-order chi connectivity index (χ1) is 14.1. The maximum atomic E-state index is 13.2. The van der Waals surface area contributed by atoms with Crippen molar-refractivity contribution in [3.8, 4) is 5.75 Å². The average molecular weight is 391 g/mol. The number of methoxy groups -OCH3 is 1. The number of fused-ring (bicyclic) bond motifs is 1. The lowest BCUT2D eigenvalue weighted by atomic mass is 10.2. The minimum absolute atomic E-state index is 0.0319. The van der Waals surface area contributed by atoms with Crippen molar-refractivity contribution in [2.75, 3.05) is 18.7 Å². The van der Waals surface area contributed by atoms with Gasteiger partial charge in [-0.3, -0.25) is 24.1 Å². The average Bonchev–Trinajstić information content (AvgIpc) is 2.75.